The average Bonchev–Trinajstić information content (AvgIpc) is 2.50. The highest BCUT2D eigenvalue weighted by molar-refractivity contribution is 6.03. The minimum Gasteiger partial charge on any atom is -0.508 e. The lowest BCUT2D eigenvalue weighted by molar-refractivity contribution is -0.0431. The van der Waals surface area contributed by atoms with Crippen molar-refractivity contribution in [2.24, 2.45) is 0 Å². The van der Waals surface area contributed by atoms with Crippen LogP contribution in [0.25, 0.3) is 0 Å². The van der Waals surface area contributed by atoms with Crippen LogP contribution in [-0.2, 0) is 11.3 Å². The molecule has 0 saturated carbocycles. The molecule has 0 radical (unpaired) electrons. The van der Waals surface area contributed by atoms with Gasteiger partial charge in [0.1, 0.15) is 11.5 Å². The van der Waals surface area contributed by atoms with Gasteiger partial charge in [0, 0.05) is 17.2 Å². The summed E-state index contributed by atoms with van der Waals surface area (Å²) >= 11 is 0. The Morgan fingerprint density at radius 3 is 2.68 bits per heavy atom. The molecule has 3 N–H and O–H groups in total. The molecule has 0 amide bonds. The molecule has 0 aliphatic carbocycles. The number of carbonyl (C=O) groups is 1. The van der Waals surface area contributed by atoms with Gasteiger partial charge in [0.2, 0.25) is 0 Å². The molecule has 6 nitrogen and oxygen atoms in total. The molecule has 0 bridgehead atoms. The molecule has 0 aromatic heterocycles. The number of rotatable bonds is 0. The molecule has 2 aliphatic heterocycles. The highest BCUT2D eigenvalue weighted by Gasteiger charge is 2.43. The first kappa shape index (κ1) is 13.0. The fourth-order valence-electron chi connectivity index (χ4n) is 2.92. The van der Waals surface area contributed by atoms with Crippen LogP contribution in [0.4, 0.5) is 0 Å². The van der Waals surface area contributed by atoms with E-state index in [1.165, 1.54) is 24.3 Å². The number of Topliss-reactive ketones (excluding diaryl/α,β-unsaturated/α-hetero) is 1. The molecule has 2 heterocycles. The molecule has 112 valence electrons. The number of ketones is 1. The predicted octanol–water partition coefficient (Wildman–Crippen LogP) is 2.02. The van der Waals surface area contributed by atoms with E-state index in [0.29, 0.717) is 16.7 Å². The van der Waals surface area contributed by atoms with Crippen LogP contribution in [0.2, 0.25) is 0 Å². The summed E-state index contributed by atoms with van der Waals surface area (Å²) < 4.78 is 11.3. The van der Waals surface area contributed by atoms with Crippen LogP contribution in [0.5, 0.6) is 23.0 Å². The molecule has 2 atom stereocenters. The van der Waals surface area contributed by atoms with Gasteiger partial charge in [-0.25, -0.2) is 0 Å². The Bertz CT molecular complexity index is 797. The third kappa shape index (κ3) is 1.67. The lowest BCUT2D eigenvalue weighted by Crippen LogP contribution is -2.41. The van der Waals surface area contributed by atoms with Crippen molar-refractivity contribution in [3.8, 4) is 23.0 Å². The summed E-state index contributed by atoms with van der Waals surface area (Å²) in [5.74, 6) is -0.482. The fourth-order valence-corrected chi connectivity index (χ4v) is 2.92. The molecule has 0 spiro atoms. The van der Waals surface area contributed by atoms with Crippen molar-refractivity contribution in [2.75, 3.05) is 0 Å². The van der Waals surface area contributed by atoms with E-state index in [2.05, 4.69) is 0 Å². The molecule has 0 unspecified atom stereocenters. The maximum Gasteiger partial charge on any atom is 0.199 e. The van der Waals surface area contributed by atoms with E-state index in [9.17, 15) is 20.1 Å². The Balaban J connectivity index is 1.86. The van der Waals surface area contributed by atoms with Crippen LogP contribution in [0.1, 0.15) is 27.6 Å². The summed E-state index contributed by atoms with van der Waals surface area (Å²) in [5.41, 5.74) is 1.34. The second-order valence-corrected chi connectivity index (χ2v) is 5.32. The standard InChI is InChI=1S/C16H12O6/c17-7-1-2-9-12(5-7)22-15-8-3-4-11(18)13(19)10(8)6-21-16(15)14(9)20/h1-5,15-19H,6H2/t15-,16+/m1/s1. The van der Waals surface area contributed by atoms with E-state index in [1.807, 2.05) is 0 Å². The topological polar surface area (TPSA) is 96.2 Å². The number of hydrogen-bond donors (Lipinski definition) is 3. The quantitative estimate of drug-likeness (QED) is 0.644. The second kappa shape index (κ2) is 4.38. The predicted molar refractivity (Wildman–Crippen MR) is 74.2 cm³/mol. The first-order chi connectivity index (χ1) is 10.6. The molecular weight excluding hydrogens is 288 g/mol. The van der Waals surface area contributed by atoms with Crippen LogP contribution in [-0.4, -0.2) is 27.2 Å². The summed E-state index contributed by atoms with van der Waals surface area (Å²) in [7, 11) is 0. The number of fused-ring (bicyclic) bond motifs is 4. The first-order valence-corrected chi connectivity index (χ1v) is 6.75. The van der Waals surface area contributed by atoms with Crippen molar-refractivity contribution in [1.29, 1.82) is 0 Å². The first-order valence-electron chi connectivity index (χ1n) is 6.75. The zero-order valence-electron chi connectivity index (χ0n) is 11.3. The van der Waals surface area contributed by atoms with Crippen LogP contribution in [0.3, 0.4) is 0 Å². The van der Waals surface area contributed by atoms with Gasteiger partial charge in [0.25, 0.3) is 0 Å². The van der Waals surface area contributed by atoms with Crippen molar-refractivity contribution in [3.63, 3.8) is 0 Å². The Morgan fingerprint density at radius 1 is 1.05 bits per heavy atom. The number of benzene rings is 2. The molecular formula is C16H12O6. The van der Waals surface area contributed by atoms with Gasteiger partial charge in [-0.2, -0.15) is 0 Å². The van der Waals surface area contributed by atoms with E-state index in [1.54, 1.807) is 6.07 Å². The minimum atomic E-state index is -0.812. The fraction of sp³-hybridized carbons (Fsp3) is 0.188. The van der Waals surface area contributed by atoms with Gasteiger partial charge in [-0.3, -0.25) is 4.79 Å². The highest BCUT2D eigenvalue weighted by atomic mass is 16.6. The Morgan fingerprint density at radius 2 is 1.86 bits per heavy atom. The lowest BCUT2D eigenvalue weighted by atomic mass is 9.88. The summed E-state index contributed by atoms with van der Waals surface area (Å²) in [4.78, 5) is 12.5. The Kier molecular flexibility index (Phi) is 2.58. The molecule has 2 aromatic rings. The van der Waals surface area contributed by atoms with E-state index in [4.69, 9.17) is 9.47 Å². The summed E-state index contributed by atoms with van der Waals surface area (Å²) in [5, 5.41) is 29.1. The molecule has 0 saturated heterocycles. The normalized spacial score (nSPS) is 22.3. The smallest absolute Gasteiger partial charge is 0.199 e. The van der Waals surface area contributed by atoms with Gasteiger partial charge in [-0.1, -0.05) is 6.07 Å². The number of hydrogen-bond acceptors (Lipinski definition) is 6. The van der Waals surface area contributed by atoms with Crippen LogP contribution in [0.15, 0.2) is 30.3 Å². The molecule has 4 rings (SSSR count). The minimum absolute atomic E-state index is 0.00416. The zero-order valence-corrected chi connectivity index (χ0v) is 11.3. The molecule has 2 aliphatic rings. The Labute approximate surface area is 125 Å². The number of phenolic OH excluding ortho intramolecular Hbond substituents is 3. The van der Waals surface area contributed by atoms with E-state index in [-0.39, 0.29) is 35.4 Å². The van der Waals surface area contributed by atoms with Crippen molar-refractivity contribution in [2.45, 2.75) is 18.8 Å². The third-order valence-electron chi connectivity index (χ3n) is 4.03. The van der Waals surface area contributed by atoms with Gasteiger partial charge in [0.05, 0.1) is 12.2 Å². The monoisotopic (exact) mass is 300 g/mol. The van der Waals surface area contributed by atoms with Gasteiger partial charge in [0.15, 0.2) is 29.5 Å². The van der Waals surface area contributed by atoms with E-state index in [0.717, 1.165) is 0 Å². The van der Waals surface area contributed by atoms with Crippen molar-refractivity contribution < 1.29 is 29.6 Å². The van der Waals surface area contributed by atoms with Crippen LogP contribution < -0.4 is 4.74 Å². The van der Waals surface area contributed by atoms with Crippen molar-refractivity contribution >= 4 is 5.78 Å². The molecule has 6 heteroatoms. The third-order valence-corrected chi connectivity index (χ3v) is 4.03. The maximum atomic E-state index is 12.5. The van der Waals surface area contributed by atoms with E-state index < -0.39 is 12.2 Å². The number of phenols is 3. The lowest BCUT2D eigenvalue weighted by Gasteiger charge is -2.37. The average molecular weight is 300 g/mol. The van der Waals surface area contributed by atoms with Crippen LogP contribution in [0, 0.1) is 0 Å². The second-order valence-electron chi connectivity index (χ2n) is 5.32. The van der Waals surface area contributed by atoms with Gasteiger partial charge < -0.3 is 24.8 Å². The van der Waals surface area contributed by atoms with Gasteiger partial charge >= 0.3 is 0 Å². The van der Waals surface area contributed by atoms with Gasteiger partial charge in [-0.05, 0) is 18.2 Å². The molecule has 2 aromatic carbocycles. The Hall–Kier alpha value is -2.73. The zero-order chi connectivity index (χ0) is 15.4. The summed E-state index contributed by atoms with van der Waals surface area (Å²) in [6.07, 6.45) is -1.54. The summed E-state index contributed by atoms with van der Waals surface area (Å²) in [6, 6.07) is 7.24. The molecule has 0 fully saturated rings. The van der Waals surface area contributed by atoms with E-state index >= 15 is 0 Å². The van der Waals surface area contributed by atoms with Crippen LogP contribution >= 0.6 is 0 Å². The summed E-state index contributed by atoms with van der Waals surface area (Å²) in [6.45, 7) is 0.0131. The van der Waals surface area contributed by atoms with Crippen molar-refractivity contribution in [3.05, 3.63) is 47.0 Å². The molecule has 22 heavy (non-hydrogen) atoms. The maximum absolute atomic E-state index is 12.5. The number of ether oxygens (including phenoxy) is 2. The number of carbonyl (C=O) groups excluding carboxylic acids is 1. The number of aromatic hydroxyl groups is 3. The highest BCUT2D eigenvalue weighted by Crippen LogP contribution is 2.45. The van der Waals surface area contributed by atoms with Crippen molar-refractivity contribution in [1.82, 2.24) is 0 Å². The van der Waals surface area contributed by atoms with Gasteiger partial charge in [-0.15, -0.1) is 0 Å². The largest absolute Gasteiger partial charge is 0.508 e. The SMILES string of the molecule is O=C1c2ccc(O)cc2O[C@@H]2c3ccc(O)c(O)c3CO[C@@H]12.